The first-order chi connectivity index (χ1) is 11.8. The van der Waals surface area contributed by atoms with Crippen molar-refractivity contribution < 1.29 is 13.9 Å². The van der Waals surface area contributed by atoms with Crippen molar-refractivity contribution in [3.63, 3.8) is 0 Å². The molecule has 0 radical (unpaired) electrons. The average Bonchev–Trinajstić information content (AvgIpc) is 2.79. The highest BCUT2D eigenvalue weighted by Crippen LogP contribution is 2.45. The van der Waals surface area contributed by atoms with Crippen LogP contribution >= 0.6 is 0 Å². The van der Waals surface area contributed by atoms with Crippen LogP contribution in [0.5, 0.6) is 0 Å². The predicted molar refractivity (Wildman–Crippen MR) is 95.8 cm³/mol. The monoisotopic (exact) mass is 346 g/mol. The minimum atomic E-state index is -0.812. The maximum atomic E-state index is 13.8. The van der Waals surface area contributed by atoms with Crippen molar-refractivity contribution >= 4 is 5.69 Å². The third kappa shape index (κ3) is 3.39. The number of nitrogens with zero attached hydrogens (tertiary/aromatic N) is 1. The van der Waals surface area contributed by atoms with Crippen LogP contribution in [0, 0.1) is 11.6 Å². The number of hydrogen-bond acceptors (Lipinski definition) is 3. The Bertz CT molecular complexity index is 743. The van der Waals surface area contributed by atoms with Crippen molar-refractivity contribution in [3.8, 4) is 0 Å². The number of likely N-dealkylation sites (N-methyl/N-ethyl adjacent to an activating group) is 1. The molecule has 2 N–H and O–H groups in total. The number of benzene rings is 2. The zero-order valence-electron chi connectivity index (χ0n) is 14.8. The zero-order valence-corrected chi connectivity index (χ0v) is 14.8. The van der Waals surface area contributed by atoms with E-state index in [1.54, 1.807) is 7.05 Å². The van der Waals surface area contributed by atoms with E-state index < -0.39 is 23.8 Å². The summed E-state index contributed by atoms with van der Waals surface area (Å²) >= 11 is 0. The first-order valence-corrected chi connectivity index (χ1v) is 8.48. The molecule has 0 bridgehead atoms. The van der Waals surface area contributed by atoms with E-state index in [9.17, 15) is 13.9 Å². The molecule has 2 aromatic carbocycles. The highest BCUT2D eigenvalue weighted by atomic mass is 19.1. The number of fused-ring (bicyclic) bond motifs is 1. The second-order valence-corrected chi connectivity index (χ2v) is 7.30. The third-order valence-electron chi connectivity index (χ3n) is 4.85. The Hall–Kier alpha value is -1.98. The van der Waals surface area contributed by atoms with Gasteiger partial charge in [-0.1, -0.05) is 32.0 Å². The lowest BCUT2D eigenvalue weighted by atomic mass is 9.87. The molecule has 3 nitrogen and oxygen atoms in total. The van der Waals surface area contributed by atoms with Crippen molar-refractivity contribution in [1.82, 2.24) is 5.32 Å². The van der Waals surface area contributed by atoms with Crippen LogP contribution in [0.25, 0.3) is 0 Å². The number of aliphatic hydroxyl groups is 1. The largest absolute Gasteiger partial charge is 0.389 e. The lowest BCUT2D eigenvalue weighted by Crippen LogP contribution is -2.42. The number of anilines is 1. The molecule has 0 saturated heterocycles. The van der Waals surface area contributed by atoms with Crippen LogP contribution in [0.4, 0.5) is 14.5 Å². The lowest BCUT2D eigenvalue weighted by Gasteiger charge is -2.35. The molecule has 1 heterocycles. The number of rotatable bonds is 5. The van der Waals surface area contributed by atoms with E-state index in [0.717, 1.165) is 11.8 Å². The number of halogens is 2. The zero-order chi connectivity index (χ0) is 18.2. The molecule has 2 unspecified atom stereocenters. The molecule has 0 saturated carbocycles. The van der Waals surface area contributed by atoms with E-state index in [-0.39, 0.29) is 5.41 Å². The average molecular weight is 346 g/mol. The van der Waals surface area contributed by atoms with Gasteiger partial charge in [-0.3, -0.25) is 0 Å². The maximum absolute atomic E-state index is 13.8. The quantitative estimate of drug-likeness (QED) is 0.871. The summed E-state index contributed by atoms with van der Waals surface area (Å²) in [6.07, 6.45) is -0.812. The Kier molecular flexibility index (Phi) is 4.80. The molecule has 5 heteroatoms. The van der Waals surface area contributed by atoms with Crippen molar-refractivity contribution in [2.24, 2.45) is 0 Å². The fourth-order valence-corrected chi connectivity index (χ4v) is 3.82. The first kappa shape index (κ1) is 17.8. The van der Waals surface area contributed by atoms with Crippen LogP contribution in [0.15, 0.2) is 42.5 Å². The second-order valence-electron chi connectivity index (χ2n) is 7.30. The third-order valence-corrected chi connectivity index (χ3v) is 4.85. The lowest BCUT2D eigenvalue weighted by molar-refractivity contribution is 0.139. The van der Waals surface area contributed by atoms with Gasteiger partial charge in [-0.05, 0) is 36.4 Å². The van der Waals surface area contributed by atoms with Gasteiger partial charge in [0.15, 0.2) is 0 Å². The first-order valence-electron chi connectivity index (χ1n) is 8.48. The van der Waals surface area contributed by atoms with Crippen molar-refractivity contribution in [2.75, 3.05) is 25.0 Å². The Morgan fingerprint density at radius 2 is 1.80 bits per heavy atom. The molecular formula is C20H24F2N2O. The molecule has 25 heavy (non-hydrogen) atoms. The van der Waals surface area contributed by atoms with Crippen molar-refractivity contribution in [3.05, 3.63) is 65.2 Å². The summed E-state index contributed by atoms with van der Waals surface area (Å²) in [6, 6.07) is 10.9. The van der Waals surface area contributed by atoms with Gasteiger partial charge in [0, 0.05) is 30.3 Å². The summed E-state index contributed by atoms with van der Waals surface area (Å²) in [4.78, 5) is 2.06. The summed E-state index contributed by atoms with van der Waals surface area (Å²) in [6.45, 7) is 5.26. The molecular weight excluding hydrogens is 322 g/mol. The fourth-order valence-electron chi connectivity index (χ4n) is 3.82. The van der Waals surface area contributed by atoms with Gasteiger partial charge in [-0.15, -0.1) is 0 Å². The Morgan fingerprint density at radius 3 is 2.44 bits per heavy atom. The summed E-state index contributed by atoms with van der Waals surface area (Å²) in [5.74, 6) is -1.27. The summed E-state index contributed by atoms with van der Waals surface area (Å²) in [5.41, 5.74) is 2.50. The van der Waals surface area contributed by atoms with E-state index in [0.29, 0.717) is 18.7 Å². The minimum absolute atomic E-state index is 0.111. The van der Waals surface area contributed by atoms with Gasteiger partial charge in [0.2, 0.25) is 0 Å². The Morgan fingerprint density at radius 1 is 1.16 bits per heavy atom. The van der Waals surface area contributed by atoms with E-state index in [1.807, 2.05) is 18.2 Å². The number of hydrogen-bond donors (Lipinski definition) is 2. The van der Waals surface area contributed by atoms with Crippen molar-refractivity contribution in [1.29, 1.82) is 0 Å². The molecule has 0 aromatic heterocycles. The minimum Gasteiger partial charge on any atom is -0.389 e. The van der Waals surface area contributed by atoms with Gasteiger partial charge in [0.25, 0.3) is 0 Å². The molecule has 2 aromatic rings. The topological polar surface area (TPSA) is 35.5 Å². The maximum Gasteiger partial charge on any atom is 0.126 e. The standard InChI is InChI=1S/C20H24F2N2O/c1-20(2)12-24(17-7-5-4-6-16(17)20)19(18(25)11-23-3)13-8-14(21)10-15(22)9-13/h4-10,18-19,23,25H,11-12H2,1-3H3. The van der Waals surface area contributed by atoms with Gasteiger partial charge in [0.1, 0.15) is 11.6 Å². The van der Waals surface area contributed by atoms with Crippen LogP contribution in [-0.4, -0.2) is 31.3 Å². The van der Waals surface area contributed by atoms with Crippen LogP contribution in [0.1, 0.15) is 31.0 Å². The Balaban J connectivity index is 2.10. The molecule has 0 amide bonds. The molecule has 0 spiro atoms. The van der Waals surface area contributed by atoms with E-state index in [1.165, 1.54) is 17.7 Å². The summed E-state index contributed by atoms with van der Waals surface area (Å²) in [7, 11) is 1.74. The molecule has 1 aliphatic rings. The highest BCUT2D eigenvalue weighted by molar-refractivity contribution is 5.63. The molecule has 0 aliphatic carbocycles. The highest BCUT2D eigenvalue weighted by Gasteiger charge is 2.40. The summed E-state index contributed by atoms with van der Waals surface area (Å²) < 4.78 is 27.6. The van der Waals surface area contributed by atoms with Crippen LogP contribution in [-0.2, 0) is 5.41 Å². The fraction of sp³-hybridized carbons (Fsp3) is 0.400. The number of nitrogens with one attached hydrogen (secondary N) is 1. The number of aliphatic hydroxyl groups excluding tert-OH is 1. The Labute approximate surface area is 147 Å². The van der Waals surface area contributed by atoms with Crippen molar-refractivity contribution in [2.45, 2.75) is 31.4 Å². The van der Waals surface area contributed by atoms with Gasteiger partial charge < -0.3 is 15.3 Å². The molecule has 134 valence electrons. The van der Waals surface area contributed by atoms with Gasteiger partial charge in [-0.25, -0.2) is 8.78 Å². The van der Waals surface area contributed by atoms with Crippen LogP contribution < -0.4 is 10.2 Å². The summed E-state index contributed by atoms with van der Waals surface area (Å²) in [5, 5.41) is 13.7. The molecule has 2 atom stereocenters. The predicted octanol–water partition coefficient (Wildman–Crippen LogP) is 3.38. The van der Waals surface area contributed by atoms with Crippen LogP contribution in [0.2, 0.25) is 0 Å². The van der Waals surface area contributed by atoms with Gasteiger partial charge in [0.05, 0.1) is 12.1 Å². The van der Waals surface area contributed by atoms with E-state index in [4.69, 9.17) is 0 Å². The second kappa shape index (κ2) is 6.73. The molecule has 3 rings (SSSR count). The molecule has 1 aliphatic heterocycles. The smallest absolute Gasteiger partial charge is 0.126 e. The van der Waals surface area contributed by atoms with E-state index >= 15 is 0 Å². The van der Waals surface area contributed by atoms with Gasteiger partial charge >= 0.3 is 0 Å². The SMILES string of the molecule is CNCC(O)C(c1cc(F)cc(F)c1)N1CC(C)(C)c2ccccc21. The normalized spacial score (nSPS) is 18.1. The van der Waals surface area contributed by atoms with Gasteiger partial charge in [-0.2, -0.15) is 0 Å². The van der Waals surface area contributed by atoms with Crippen LogP contribution in [0.3, 0.4) is 0 Å². The van der Waals surface area contributed by atoms with E-state index in [2.05, 4.69) is 30.1 Å². The number of para-hydroxylation sites is 1. The molecule has 0 fully saturated rings.